The highest BCUT2D eigenvalue weighted by Gasteiger charge is 2.66. The molecule has 0 radical (unpaired) electrons. The van der Waals surface area contributed by atoms with E-state index in [9.17, 15) is 9.59 Å². The summed E-state index contributed by atoms with van der Waals surface area (Å²) in [6.07, 6.45) is 7.81. The number of carbonyl (C=O) groups is 2. The van der Waals surface area contributed by atoms with Crippen LogP contribution in [0.15, 0.2) is 67.0 Å². The van der Waals surface area contributed by atoms with E-state index in [1.807, 2.05) is 47.4 Å². The van der Waals surface area contributed by atoms with Crippen molar-refractivity contribution in [1.82, 2.24) is 15.2 Å². The van der Waals surface area contributed by atoms with Gasteiger partial charge in [-0.1, -0.05) is 42.5 Å². The standard InChI is InChI=1S/C23H23N3O3/c27-21(25-14-17-7-11-24-12-8-17)19-18-6-10-23(29-18)15-26(22(28)20(19)23)13-9-16-4-2-1-3-5-16/h1-8,10-12,18-20H,9,13-15H2,(H,25,27)/t18-,19-,20-,23+/m1/s1. The third-order valence-electron chi connectivity index (χ3n) is 6.21. The number of hydrogen-bond acceptors (Lipinski definition) is 4. The summed E-state index contributed by atoms with van der Waals surface area (Å²) in [5.74, 6) is -1.01. The van der Waals surface area contributed by atoms with Gasteiger partial charge in [0.25, 0.3) is 0 Å². The number of nitrogens with zero attached hydrogens (tertiary/aromatic N) is 2. The lowest BCUT2D eigenvalue weighted by molar-refractivity contribution is -0.137. The smallest absolute Gasteiger partial charge is 0.230 e. The van der Waals surface area contributed by atoms with Crippen molar-refractivity contribution >= 4 is 11.8 Å². The van der Waals surface area contributed by atoms with Crippen molar-refractivity contribution in [1.29, 1.82) is 0 Å². The topological polar surface area (TPSA) is 71.5 Å². The van der Waals surface area contributed by atoms with Crippen LogP contribution in [0.25, 0.3) is 0 Å². The van der Waals surface area contributed by atoms with Crippen LogP contribution in [0.2, 0.25) is 0 Å². The molecule has 0 unspecified atom stereocenters. The Labute approximate surface area is 169 Å². The van der Waals surface area contributed by atoms with Crippen molar-refractivity contribution in [3.05, 3.63) is 78.1 Å². The molecule has 5 rings (SSSR count). The van der Waals surface area contributed by atoms with Crippen molar-refractivity contribution in [2.24, 2.45) is 11.8 Å². The highest BCUT2D eigenvalue weighted by Crippen LogP contribution is 2.51. The Morgan fingerprint density at radius 1 is 1.17 bits per heavy atom. The monoisotopic (exact) mass is 389 g/mol. The van der Waals surface area contributed by atoms with Gasteiger partial charge < -0.3 is 15.0 Å². The van der Waals surface area contributed by atoms with Crippen LogP contribution in [0.4, 0.5) is 0 Å². The Morgan fingerprint density at radius 3 is 2.76 bits per heavy atom. The van der Waals surface area contributed by atoms with Gasteiger partial charge >= 0.3 is 0 Å². The maximum Gasteiger partial charge on any atom is 0.230 e. The van der Waals surface area contributed by atoms with Gasteiger partial charge in [0, 0.05) is 25.5 Å². The molecule has 148 valence electrons. The molecule has 6 heteroatoms. The number of rotatable bonds is 6. The molecule has 1 spiro atoms. The largest absolute Gasteiger partial charge is 0.360 e. The summed E-state index contributed by atoms with van der Waals surface area (Å²) in [5, 5.41) is 2.98. The zero-order valence-corrected chi connectivity index (χ0v) is 16.0. The lowest BCUT2D eigenvalue weighted by Gasteiger charge is -2.23. The van der Waals surface area contributed by atoms with E-state index in [-0.39, 0.29) is 17.9 Å². The van der Waals surface area contributed by atoms with Gasteiger partial charge in [-0.3, -0.25) is 14.6 Å². The molecule has 1 aromatic carbocycles. The van der Waals surface area contributed by atoms with Gasteiger partial charge in [-0.05, 0) is 29.7 Å². The highest BCUT2D eigenvalue weighted by atomic mass is 16.5. The van der Waals surface area contributed by atoms with E-state index in [1.54, 1.807) is 12.4 Å². The molecule has 4 atom stereocenters. The highest BCUT2D eigenvalue weighted by molar-refractivity contribution is 5.93. The zero-order valence-electron chi connectivity index (χ0n) is 16.0. The van der Waals surface area contributed by atoms with Gasteiger partial charge in [-0.15, -0.1) is 0 Å². The first-order valence-corrected chi connectivity index (χ1v) is 10.0. The normalized spacial score (nSPS) is 29.3. The van der Waals surface area contributed by atoms with E-state index in [1.165, 1.54) is 5.56 Å². The molecule has 2 fully saturated rings. The summed E-state index contributed by atoms with van der Waals surface area (Å²) in [5.41, 5.74) is 1.52. The second kappa shape index (κ2) is 7.12. The number of ether oxygens (including phenoxy) is 1. The molecule has 3 aliphatic heterocycles. The van der Waals surface area contributed by atoms with Crippen LogP contribution in [0.5, 0.6) is 0 Å². The number of likely N-dealkylation sites (tertiary alicyclic amines) is 1. The molecule has 2 bridgehead atoms. The fourth-order valence-corrected chi connectivity index (χ4v) is 4.78. The molecular formula is C23H23N3O3. The van der Waals surface area contributed by atoms with Gasteiger partial charge in [-0.25, -0.2) is 0 Å². The minimum absolute atomic E-state index is 0.0249. The average Bonchev–Trinajstić information content (AvgIpc) is 3.40. The Hall–Kier alpha value is -2.99. The van der Waals surface area contributed by atoms with E-state index in [0.29, 0.717) is 19.6 Å². The number of aromatic nitrogens is 1. The summed E-state index contributed by atoms with van der Waals surface area (Å²) < 4.78 is 6.18. The van der Waals surface area contributed by atoms with Crippen LogP contribution in [0, 0.1) is 11.8 Å². The van der Waals surface area contributed by atoms with Crippen LogP contribution in [-0.2, 0) is 27.3 Å². The number of pyridine rings is 1. The van der Waals surface area contributed by atoms with Crippen molar-refractivity contribution < 1.29 is 14.3 Å². The summed E-state index contributed by atoms with van der Waals surface area (Å²) in [4.78, 5) is 32.0. The fraction of sp³-hybridized carbons (Fsp3) is 0.348. The van der Waals surface area contributed by atoms with Crippen LogP contribution in [0.1, 0.15) is 11.1 Å². The molecular weight excluding hydrogens is 366 g/mol. The Bertz CT molecular complexity index is 946. The van der Waals surface area contributed by atoms with Gasteiger partial charge in [0.15, 0.2) is 0 Å². The number of fused-ring (bicyclic) bond motifs is 1. The summed E-state index contributed by atoms with van der Waals surface area (Å²) in [7, 11) is 0. The van der Waals surface area contributed by atoms with E-state index in [0.717, 1.165) is 12.0 Å². The molecule has 2 aromatic rings. The molecule has 29 heavy (non-hydrogen) atoms. The lowest BCUT2D eigenvalue weighted by atomic mass is 9.77. The Balaban J connectivity index is 1.28. The third kappa shape index (κ3) is 3.13. The quantitative estimate of drug-likeness (QED) is 0.764. The lowest BCUT2D eigenvalue weighted by Crippen LogP contribution is -2.44. The molecule has 6 nitrogen and oxygen atoms in total. The van der Waals surface area contributed by atoms with Crippen molar-refractivity contribution in [3.8, 4) is 0 Å². The van der Waals surface area contributed by atoms with Gasteiger partial charge in [0.1, 0.15) is 5.60 Å². The maximum absolute atomic E-state index is 13.2. The van der Waals surface area contributed by atoms with Crippen molar-refractivity contribution in [3.63, 3.8) is 0 Å². The zero-order chi connectivity index (χ0) is 19.8. The number of benzene rings is 1. The van der Waals surface area contributed by atoms with E-state index >= 15 is 0 Å². The number of hydrogen-bond donors (Lipinski definition) is 1. The molecule has 1 aromatic heterocycles. The predicted octanol–water partition coefficient (Wildman–Crippen LogP) is 1.72. The minimum Gasteiger partial charge on any atom is -0.360 e. The molecule has 1 N–H and O–H groups in total. The summed E-state index contributed by atoms with van der Waals surface area (Å²) in [6, 6.07) is 13.9. The fourth-order valence-electron chi connectivity index (χ4n) is 4.78. The van der Waals surface area contributed by atoms with Crippen LogP contribution in [0.3, 0.4) is 0 Å². The second-order valence-corrected chi connectivity index (χ2v) is 7.97. The van der Waals surface area contributed by atoms with E-state index in [2.05, 4.69) is 22.4 Å². The second-order valence-electron chi connectivity index (χ2n) is 7.97. The maximum atomic E-state index is 13.2. The van der Waals surface area contributed by atoms with Crippen LogP contribution >= 0.6 is 0 Å². The number of carbonyl (C=O) groups excluding carboxylic acids is 2. The van der Waals surface area contributed by atoms with Crippen LogP contribution in [-0.4, -0.2) is 46.5 Å². The van der Waals surface area contributed by atoms with Gasteiger partial charge in [0.2, 0.25) is 11.8 Å². The van der Waals surface area contributed by atoms with E-state index in [4.69, 9.17) is 4.74 Å². The average molecular weight is 389 g/mol. The first kappa shape index (κ1) is 18.1. The third-order valence-corrected chi connectivity index (χ3v) is 6.21. The van der Waals surface area contributed by atoms with Gasteiger partial charge in [-0.2, -0.15) is 0 Å². The molecule has 0 saturated carbocycles. The minimum atomic E-state index is -0.656. The molecule has 0 aliphatic carbocycles. The first-order valence-electron chi connectivity index (χ1n) is 10.0. The predicted molar refractivity (Wildman–Crippen MR) is 107 cm³/mol. The first-order chi connectivity index (χ1) is 14.2. The number of nitrogens with one attached hydrogen (secondary N) is 1. The van der Waals surface area contributed by atoms with E-state index < -0.39 is 17.4 Å². The van der Waals surface area contributed by atoms with Crippen molar-refractivity contribution in [2.75, 3.05) is 13.1 Å². The Morgan fingerprint density at radius 2 is 1.97 bits per heavy atom. The van der Waals surface area contributed by atoms with Gasteiger partial charge in [0.05, 0.1) is 24.5 Å². The number of amides is 2. The summed E-state index contributed by atoms with van der Waals surface area (Å²) in [6.45, 7) is 1.57. The van der Waals surface area contributed by atoms with Crippen molar-refractivity contribution in [2.45, 2.75) is 24.7 Å². The summed E-state index contributed by atoms with van der Waals surface area (Å²) >= 11 is 0. The molecule has 2 saturated heterocycles. The molecule has 2 amide bonds. The molecule has 3 aliphatic rings. The SMILES string of the molecule is O=C(NCc1ccncc1)[C@@H]1[C@H]2C=C[C@@]3(CN(CCc4ccccc4)C(=O)[C@@H]13)O2. The molecule has 4 heterocycles. The Kier molecular flexibility index (Phi) is 4.43. The van der Waals surface area contributed by atoms with Crippen LogP contribution < -0.4 is 5.32 Å².